The van der Waals surface area contributed by atoms with Crippen LogP contribution in [0.1, 0.15) is 40.5 Å². The van der Waals surface area contributed by atoms with E-state index in [0.717, 1.165) is 12.8 Å². The standard InChI is InChI=1S/C11H25NO2/c1-6-11(4,7-8-13)12-9(2)10(3)14-5/h9-10,12-13H,6-8H2,1-5H3. The van der Waals surface area contributed by atoms with Crippen LogP contribution in [0.5, 0.6) is 0 Å². The predicted molar refractivity (Wildman–Crippen MR) is 59.5 cm³/mol. The number of nitrogens with one attached hydrogen (secondary N) is 1. The van der Waals surface area contributed by atoms with Gasteiger partial charge >= 0.3 is 0 Å². The number of ether oxygens (including phenoxy) is 1. The molecule has 0 bridgehead atoms. The van der Waals surface area contributed by atoms with Gasteiger partial charge in [0.05, 0.1) is 6.10 Å². The van der Waals surface area contributed by atoms with Gasteiger partial charge < -0.3 is 15.2 Å². The van der Waals surface area contributed by atoms with Crippen molar-refractivity contribution in [3.63, 3.8) is 0 Å². The molecule has 2 N–H and O–H groups in total. The molecule has 3 heteroatoms. The second-order valence-corrected chi connectivity index (χ2v) is 4.26. The minimum absolute atomic E-state index is 0.0148. The molecule has 0 aliphatic carbocycles. The van der Waals surface area contributed by atoms with E-state index in [2.05, 4.69) is 26.1 Å². The SMILES string of the molecule is CCC(C)(CCO)NC(C)C(C)OC. The number of aliphatic hydroxyl groups excluding tert-OH is 1. The lowest BCUT2D eigenvalue weighted by Crippen LogP contribution is -2.51. The Kier molecular flexibility index (Phi) is 6.33. The van der Waals surface area contributed by atoms with Crippen LogP contribution in [-0.4, -0.2) is 36.5 Å². The molecular formula is C11H25NO2. The monoisotopic (exact) mass is 203 g/mol. The Bertz CT molecular complexity index is 152. The summed E-state index contributed by atoms with van der Waals surface area (Å²) in [7, 11) is 1.72. The minimum Gasteiger partial charge on any atom is -0.396 e. The zero-order chi connectivity index (χ0) is 11.2. The molecule has 0 aromatic carbocycles. The Hall–Kier alpha value is -0.120. The molecule has 0 rings (SSSR count). The van der Waals surface area contributed by atoms with Gasteiger partial charge in [0, 0.05) is 25.3 Å². The highest BCUT2D eigenvalue weighted by Crippen LogP contribution is 2.15. The Morgan fingerprint density at radius 2 is 2.00 bits per heavy atom. The molecular weight excluding hydrogens is 178 g/mol. The van der Waals surface area contributed by atoms with E-state index in [1.807, 2.05) is 6.92 Å². The van der Waals surface area contributed by atoms with Crippen LogP contribution in [0.15, 0.2) is 0 Å². The van der Waals surface area contributed by atoms with E-state index in [-0.39, 0.29) is 18.2 Å². The van der Waals surface area contributed by atoms with Crippen molar-refractivity contribution in [2.75, 3.05) is 13.7 Å². The Morgan fingerprint density at radius 1 is 1.43 bits per heavy atom. The number of aliphatic hydroxyl groups is 1. The fourth-order valence-electron chi connectivity index (χ4n) is 1.47. The summed E-state index contributed by atoms with van der Waals surface area (Å²) in [5.41, 5.74) is 0.0148. The second-order valence-electron chi connectivity index (χ2n) is 4.26. The van der Waals surface area contributed by atoms with Crippen molar-refractivity contribution < 1.29 is 9.84 Å². The molecule has 0 aromatic heterocycles. The van der Waals surface area contributed by atoms with E-state index in [1.54, 1.807) is 7.11 Å². The van der Waals surface area contributed by atoms with E-state index < -0.39 is 0 Å². The Labute approximate surface area is 87.8 Å². The third-order valence-electron chi connectivity index (χ3n) is 3.10. The summed E-state index contributed by atoms with van der Waals surface area (Å²) in [6.45, 7) is 8.66. The van der Waals surface area contributed by atoms with Crippen molar-refractivity contribution >= 4 is 0 Å². The van der Waals surface area contributed by atoms with Crippen LogP contribution >= 0.6 is 0 Å². The molecule has 0 radical (unpaired) electrons. The van der Waals surface area contributed by atoms with Crippen molar-refractivity contribution in [2.45, 2.75) is 58.2 Å². The quantitative estimate of drug-likeness (QED) is 0.659. The molecule has 0 saturated heterocycles. The van der Waals surface area contributed by atoms with Crippen molar-refractivity contribution in [3.05, 3.63) is 0 Å². The highest BCUT2D eigenvalue weighted by atomic mass is 16.5. The number of rotatable bonds is 7. The van der Waals surface area contributed by atoms with Gasteiger partial charge in [-0.1, -0.05) is 6.92 Å². The minimum atomic E-state index is 0.0148. The zero-order valence-electron chi connectivity index (χ0n) is 10.1. The van der Waals surface area contributed by atoms with Crippen molar-refractivity contribution in [1.82, 2.24) is 5.32 Å². The first kappa shape index (κ1) is 13.9. The molecule has 0 amide bonds. The van der Waals surface area contributed by atoms with E-state index >= 15 is 0 Å². The van der Waals surface area contributed by atoms with E-state index in [0.29, 0.717) is 6.04 Å². The summed E-state index contributed by atoms with van der Waals surface area (Å²) >= 11 is 0. The molecule has 3 nitrogen and oxygen atoms in total. The summed E-state index contributed by atoms with van der Waals surface area (Å²) in [5.74, 6) is 0. The van der Waals surface area contributed by atoms with Gasteiger partial charge in [0.2, 0.25) is 0 Å². The van der Waals surface area contributed by atoms with Crippen LogP contribution in [0.3, 0.4) is 0 Å². The summed E-state index contributed by atoms with van der Waals surface area (Å²) in [6, 6.07) is 0.302. The van der Waals surface area contributed by atoms with Crippen LogP contribution < -0.4 is 5.32 Å². The summed E-state index contributed by atoms with van der Waals surface area (Å²) in [5, 5.41) is 12.5. The molecule has 14 heavy (non-hydrogen) atoms. The molecule has 0 saturated carbocycles. The lowest BCUT2D eigenvalue weighted by Gasteiger charge is -2.34. The van der Waals surface area contributed by atoms with E-state index in [4.69, 9.17) is 9.84 Å². The van der Waals surface area contributed by atoms with Crippen LogP contribution in [-0.2, 0) is 4.74 Å². The second kappa shape index (κ2) is 6.38. The molecule has 0 spiro atoms. The maximum atomic E-state index is 8.97. The summed E-state index contributed by atoms with van der Waals surface area (Å²) in [6.07, 6.45) is 1.98. The molecule has 0 aliphatic rings. The molecule has 0 aromatic rings. The topological polar surface area (TPSA) is 41.5 Å². The first-order valence-corrected chi connectivity index (χ1v) is 5.40. The van der Waals surface area contributed by atoms with Crippen LogP contribution in [0, 0.1) is 0 Å². The van der Waals surface area contributed by atoms with Gasteiger partial charge in [-0.2, -0.15) is 0 Å². The molecule has 3 atom stereocenters. The Morgan fingerprint density at radius 3 is 2.36 bits per heavy atom. The van der Waals surface area contributed by atoms with Crippen LogP contribution in [0.4, 0.5) is 0 Å². The van der Waals surface area contributed by atoms with Gasteiger partial charge in [0.15, 0.2) is 0 Å². The normalized spacial score (nSPS) is 20.1. The first-order chi connectivity index (χ1) is 6.49. The van der Waals surface area contributed by atoms with Gasteiger partial charge in [-0.3, -0.25) is 0 Å². The summed E-state index contributed by atoms with van der Waals surface area (Å²) < 4.78 is 5.26. The first-order valence-electron chi connectivity index (χ1n) is 5.40. The van der Waals surface area contributed by atoms with Gasteiger partial charge in [0.25, 0.3) is 0 Å². The largest absolute Gasteiger partial charge is 0.396 e. The summed E-state index contributed by atoms with van der Waals surface area (Å²) in [4.78, 5) is 0. The maximum absolute atomic E-state index is 8.97. The van der Waals surface area contributed by atoms with Gasteiger partial charge in [-0.25, -0.2) is 0 Å². The average molecular weight is 203 g/mol. The van der Waals surface area contributed by atoms with E-state index in [1.165, 1.54) is 0 Å². The molecule has 0 aliphatic heterocycles. The third-order valence-corrected chi connectivity index (χ3v) is 3.10. The Balaban J connectivity index is 4.15. The number of hydrogen-bond donors (Lipinski definition) is 2. The zero-order valence-corrected chi connectivity index (χ0v) is 10.1. The van der Waals surface area contributed by atoms with Crippen LogP contribution in [0.25, 0.3) is 0 Å². The van der Waals surface area contributed by atoms with Crippen molar-refractivity contribution in [2.24, 2.45) is 0 Å². The van der Waals surface area contributed by atoms with Crippen LogP contribution in [0.2, 0.25) is 0 Å². The lowest BCUT2D eigenvalue weighted by atomic mass is 9.93. The third kappa shape index (κ3) is 4.40. The highest BCUT2D eigenvalue weighted by molar-refractivity contribution is 4.85. The molecule has 0 heterocycles. The van der Waals surface area contributed by atoms with Crippen molar-refractivity contribution in [1.29, 1.82) is 0 Å². The highest BCUT2D eigenvalue weighted by Gasteiger charge is 2.25. The van der Waals surface area contributed by atoms with E-state index in [9.17, 15) is 0 Å². The lowest BCUT2D eigenvalue weighted by molar-refractivity contribution is 0.0712. The average Bonchev–Trinajstić information content (AvgIpc) is 2.16. The van der Waals surface area contributed by atoms with Crippen molar-refractivity contribution in [3.8, 4) is 0 Å². The van der Waals surface area contributed by atoms with Gasteiger partial charge in [-0.15, -0.1) is 0 Å². The fourth-order valence-corrected chi connectivity index (χ4v) is 1.47. The maximum Gasteiger partial charge on any atom is 0.0693 e. The molecule has 3 unspecified atom stereocenters. The number of methoxy groups -OCH3 is 1. The molecule has 0 fully saturated rings. The smallest absolute Gasteiger partial charge is 0.0693 e. The predicted octanol–water partition coefficient (Wildman–Crippen LogP) is 1.55. The van der Waals surface area contributed by atoms with Gasteiger partial charge in [0.1, 0.15) is 0 Å². The fraction of sp³-hybridized carbons (Fsp3) is 1.00. The molecule has 86 valence electrons. The number of hydrogen-bond acceptors (Lipinski definition) is 3. The van der Waals surface area contributed by atoms with Gasteiger partial charge in [-0.05, 0) is 33.6 Å².